The molecule has 0 aromatic rings. The van der Waals surface area contributed by atoms with Crippen LogP contribution in [0.15, 0.2) is 0 Å². The summed E-state index contributed by atoms with van der Waals surface area (Å²) in [6, 6.07) is 0. The van der Waals surface area contributed by atoms with Crippen LogP contribution in [-0.2, 0) is 4.79 Å². The van der Waals surface area contributed by atoms with Crippen molar-refractivity contribution in [3.8, 4) is 0 Å². The van der Waals surface area contributed by atoms with Crippen LogP contribution in [0.25, 0.3) is 0 Å². The van der Waals surface area contributed by atoms with Crippen molar-refractivity contribution >= 4 is 5.91 Å². The van der Waals surface area contributed by atoms with Gasteiger partial charge < -0.3 is 10.6 Å². The van der Waals surface area contributed by atoms with E-state index in [1.165, 1.54) is 25.7 Å². The Labute approximate surface area is 106 Å². The standard InChI is InChI=1S/C14H28N2O/c1-3-14(4-2)8-11-16(12-9-14)13(17)7-5-6-10-15/h3-12,15H2,1-2H3. The molecule has 1 saturated heterocycles. The first kappa shape index (κ1) is 14.5. The van der Waals surface area contributed by atoms with E-state index in [-0.39, 0.29) is 0 Å². The van der Waals surface area contributed by atoms with E-state index in [0.29, 0.717) is 24.3 Å². The van der Waals surface area contributed by atoms with E-state index in [1.54, 1.807) is 0 Å². The van der Waals surface area contributed by atoms with Crippen molar-refractivity contribution in [1.29, 1.82) is 0 Å². The lowest BCUT2D eigenvalue weighted by atomic mass is 9.74. The van der Waals surface area contributed by atoms with Gasteiger partial charge in [-0.15, -0.1) is 0 Å². The molecule has 0 aromatic heterocycles. The number of hydrogen-bond donors (Lipinski definition) is 1. The van der Waals surface area contributed by atoms with Gasteiger partial charge in [-0.1, -0.05) is 26.7 Å². The largest absolute Gasteiger partial charge is 0.343 e. The molecule has 17 heavy (non-hydrogen) atoms. The van der Waals surface area contributed by atoms with Crippen molar-refractivity contribution in [2.24, 2.45) is 11.1 Å². The van der Waals surface area contributed by atoms with E-state index in [4.69, 9.17) is 5.73 Å². The summed E-state index contributed by atoms with van der Waals surface area (Å²) >= 11 is 0. The minimum atomic E-state index is 0.333. The van der Waals surface area contributed by atoms with E-state index < -0.39 is 0 Å². The Bertz CT molecular complexity index is 226. The quantitative estimate of drug-likeness (QED) is 0.725. The summed E-state index contributed by atoms with van der Waals surface area (Å²) in [5, 5.41) is 0. The van der Waals surface area contributed by atoms with E-state index >= 15 is 0 Å². The monoisotopic (exact) mass is 240 g/mol. The van der Waals surface area contributed by atoms with E-state index in [9.17, 15) is 4.79 Å². The van der Waals surface area contributed by atoms with Crippen molar-refractivity contribution in [2.75, 3.05) is 19.6 Å². The van der Waals surface area contributed by atoms with Gasteiger partial charge in [0.15, 0.2) is 0 Å². The van der Waals surface area contributed by atoms with E-state index in [2.05, 4.69) is 18.7 Å². The number of piperidine rings is 1. The van der Waals surface area contributed by atoms with Crippen molar-refractivity contribution in [3.05, 3.63) is 0 Å². The molecule has 1 heterocycles. The van der Waals surface area contributed by atoms with Gasteiger partial charge in [0.05, 0.1) is 0 Å². The maximum Gasteiger partial charge on any atom is 0.222 e. The zero-order valence-electron chi connectivity index (χ0n) is 11.5. The van der Waals surface area contributed by atoms with Crippen molar-refractivity contribution in [2.45, 2.75) is 58.8 Å². The van der Waals surface area contributed by atoms with Gasteiger partial charge in [-0.3, -0.25) is 4.79 Å². The first-order valence-electron chi connectivity index (χ1n) is 7.15. The van der Waals surface area contributed by atoms with Gasteiger partial charge in [-0.25, -0.2) is 0 Å². The molecule has 0 saturated carbocycles. The van der Waals surface area contributed by atoms with Crippen LogP contribution in [0.3, 0.4) is 0 Å². The van der Waals surface area contributed by atoms with Gasteiger partial charge in [0.2, 0.25) is 5.91 Å². The van der Waals surface area contributed by atoms with Crippen LogP contribution in [0.5, 0.6) is 0 Å². The molecule has 0 bridgehead atoms. The number of carbonyl (C=O) groups is 1. The van der Waals surface area contributed by atoms with Crippen LogP contribution in [0, 0.1) is 5.41 Å². The highest BCUT2D eigenvalue weighted by Crippen LogP contribution is 2.37. The van der Waals surface area contributed by atoms with Gasteiger partial charge in [0.1, 0.15) is 0 Å². The highest BCUT2D eigenvalue weighted by molar-refractivity contribution is 5.76. The fourth-order valence-corrected chi connectivity index (χ4v) is 2.77. The molecule has 1 aliphatic rings. The van der Waals surface area contributed by atoms with Gasteiger partial charge >= 0.3 is 0 Å². The summed E-state index contributed by atoms with van der Waals surface area (Å²) < 4.78 is 0. The molecule has 0 radical (unpaired) electrons. The predicted octanol–water partition coefficient (Wildman–Crippen LogP) is 2.54. The number of likely N-dealkylation sites (tertiary alicyclic amines) is 1. The number of rotatable bonds is 6. The average molecular weight is 240 g/mol. The zero-order valence-corrected chi connectivity index (χ0v) is 11.5. The number of carbonyl (C=O) groups excluding carboxylic acids is 1. The smallest absolute Gasteiger partial charge is 0.222 e. The molecule has 2 N–H and O–H groups in total. The summed E-state index contributed by atoms with van der Waals surface area (Å²) in [4.78, 5) is 14.0. The summed E-state index contributed by atoms with van der Waals surface area (Å²) in [6.07, 6.45) is 7.46. The number of amides is 1. The summed E-state index contributed by atoms with van der Waals surface area (Å²) in [7, 11) is 0. The maximum absolute atomic E-state index is 11.9. The molecule has 0 atom stereocenters. The van der Waals surface area contributed by atoms with Crippen molar-refractivity contribution in [1.82, 2.24) is 4.90 Å². The van der Waals surface area contributed by atoms with Crippen molar-refractivity contribution in [3.63, 3.8) is 0 Å². The number of hydrogen-bond acceptors (Lipinski definition) is 2. The second kappa shape index (κ2) is 7.00. The Hall–Kier alpha value is -0.570. The van der Waals surface area contributed by atoms with Gasteiger partial charge in [0.25, 0.3) is 0 Å². The molecule has 1 fully saturated rings. The highest BCUT2D eigenvalue weighted by atomic mass is 16.2. The average Bonchev–Trinajstić information content (AvgIpc) is 2.39. The topological polar surface area (TPSA) is 46.3 Å². The molecule has 1 aliphatic heterocycles. The van der Waals surface area contributed by atoms with Crippen LogP contribution in [-0.4, -0.2) is 30.4 Å². The van der Waals surface area contributed by atoms with Gasteiger partial charge in [-0.2, -0.15) is 0 Å². The fourth-order valence-electron chi connectivity index (χ4n) is 2.77. The molecule has 0 spiro atoms. The molecular formula is C14H28N2O. The van der Waals surface area contributed by atoms with Gasteiger partial charge in [0, 0.05) is 19.5 Å². The molecule has 3 nitrogen and oxygen atoms in total. The summed E-state index contributed by atoms with van der Waals surface area (Å²) in [5.74, 6) is 0.333. The van der Waals surface area contributed by atoms with Crippen molar-refractivity contribution < 1.29 is 4.79 Å². The minimum absolute atomic E-state index is 0.333. The second-order valence-electron chi connectivity index (χ2n) is 5.33. The Kier molecular flexibility index (Phi) is 5.96. The normalized spacial score (nSPS) is 19.4. The van der Waals surface area contributed by atoms with Crippen LogP contribution in [0.4, 0.5) is 0 Å². The molecular weight excluding hydrogens is 212 g/mol. The minimum Gasteiger partial charge on any atom is -0.343 e. The molecule has 100 valence electrons. The SMILES string of the molecule is CCC1(CC)CCN(C(=O)CCCCN)CC1. The molecule has 1 amide bonds. The number of nitrogens with zero attached hydrogens (tertiary/aromatic N) is 1. The maximum atomic E-state index is 11.9. The highest BCUT2D eigenvalue weighted by Gasteiger charge is 2.32. The third kappa shape index (κ3) is 3.98. The van der Waals surface area contributed by atoms with Gasteiger partial charge in [-0.05, 0) is 37.6 Å². The third-order valence-corrected chi connectivity index (χ3v) is 4.52. The molecule has 0 unspecified atom stereocenters. The Morgan fingerprint density at radius 2 is 1.76 bits per heavy atom. The fraction of sp³-hybridized carbons (Fsp3) is 0.929. The van der Waals surface area contributed by atoms with Crippen LogP contribution < -0.4 is 5.73 Å². The Morgan fingerprint density at radius 3 is 2.24 bits per heavy atom. The zero-order chi connectivity index (χ0) is 12.7. The van der Waals surface area contributed by atoms with Crippen LogP contribution in [0.2, 0.25) is 0 Å². The number of unbranched alkanes of at least 4 members (excludes halogenated alkanes) is 1. The Balaban J connectivity index is 2.33. The van der Waals surface area contributed by atoms with Crippen LogP contribution in [0.1, 0.15) is 58.8 Å². The summed E-state index contributed by atoms with van der Waals surface area (Å²) in [5.41, 5.74) is 5.95. The Morgan fingerprint density at radius 1 is 1.18 bits per heavy atom. The molecule has 0 aromatic carbocycles. The molecule has 1 rings (SSSR count). The van der Waals surface area contributed by atoms with Crippen LogP contribution >= 0.6 is 0 Å². The lowest BCUT2D eigenvalue weighted by Crippen LogP contribution is -2.42. The first-order chi connectivity index (χ1) is 8.17. The summed E-state index contributed by atoms with van der Waals surface area (Å²) in [6.45, 7) is 7.18. The lowest BCUT2D eigenvalue weighted by Gasteiger charge is -2.41. The third-order valence-electron chi connectivity index (χ3n) is 4.52. The molecule has 3 heteroatoms. The number of nitrogens with two attached hydrogens (primary N) is 1. The second-order valence-corrected chi connectivity index (χ2v) is 5.33. The van der Waals surface area contributed by atoms with E-state index in [0.717, 1.165) is 25.9 Å². The molecule has 0 aliphatic carbocycles. The first-order valence-corrected chi connectivity index (χ1v) is 7.15. The van der Waals surface area contributed by atoms with E-state index in [1.807, 2.05) is 0 Å². The predicted molar refractivity (Wildman–Crippen MR) is 71.7 cm³/mol. The lowest BCUT2D eigenvalue weighted by molar-refractivity contribution is -0.133.